The zero-order valence-corrected chi connectivity index (χ0v) is 10.5. The van der Waals surface area contributed by atoms with Gasteiger partial charge in [-0.1, -0.05) is 6.92 Å². The molecule has 0 rings (SSSR count). The average molecular weight is 236 g/mol. The van der Waals surface area contributed by atoms with Gasteiger partial charge in [0.05, 0.1) is 12.7 Å². The Morgan fingerprint density at radius 3 is 1.93 bits per heavy atom. The topological polar surface area (TPSA) is 63.2 Å². The molecule has 0 amide bonds. The predicted octanol–water partition coefficient (Wildman–Crippen LogP) is 0.154. The fourth-order valence-corrected chi connectivity index (χ4v) is 1.55. The summed E-state index contributed by atoms with van der Waals surface area (Å²) in [5, 5.41) is 0. The van der Waals surface area contributed by atoms with Crippen LogP contribution in [0.1, 0.15) is 6.92 Å². The van der Waals surface area contributed by atoms with Crippen molar-refractivity contribution in [1.82, 2.24) is 0 Å². The average Bonchev–Trinajstić information content (AvgIpc) is 2.30. The Kier molecular flexibility index (Phi) is 6.69. The summed E-state index contributed by atoms with van der Waals surface area (Å²) in [4.78, 5) is 11.1. The Hall–Kier alpha value is -0.473. The number of carbonyl (C=O) groups is 1. The molecule has 0 aromatic rings. The molecular formula is C8H16O6Si. The summed E-state index contributed by atoms with van der Waals surface area (Å²) in [5.74, 6) is -0.356. The maximum atomic E-state index is 11.1. The molecule has 0 aliphatic rings. The molecule has 88 valence electrons. The van der Waals surface area contributed by atoms with E-state index in [1.54, 1.807) is 6.92 Å². The van der Waals surface area contributed by atoms with Crippen molar-refractivity contribution >= 4 is 15.7 Å². The van der Waals surface area contributed by atoms with Crippen LogP contribution in [0.15, 0.2) is 0 Å². The zero-order valence-electron chi connectivity index (χ0n) is 9.53. The third-order valence-corrected chi connectivity index (χ3v) is 2.62. The normalized spacial score (nSPS) is 13.7. The van der Waals surface area contributed by atoms with Crippen LogP contribution in [-0.4, -0.2) is 50.3 Å². The largest absolute Gasteiger partial charge is 0.469 e. The zero-order chi connectivity index (χ0) is 11.9. The molecule has 15 heavy (non-hydrogen) atoms. The van der Waals surface area contributed by atoms with Crippen molar-refractivity contribution < 1.29 is 28.2 Å². The fourth-order valence-electron chi connectivity index (χ4n) is 0.760. The monoisotopic (exact) mass is 236 g/mol. The molecule has 2 radical (unpaired) electrons. The summed E-state index contributed by atoms with van der Waals surface area (Å²) in [6.07, 6.45) is -1.55. The number of hydrogen-bond acceptors (Lipinski definition) is 6. The van der Waals surface area contributed by atoms with Crippen LogP contribution in [0.3, 0.4) is 0 Å². The highest BCUT2D eigenvalue weighted by Crippen LogP contribution is 2.16. The standard InChI is InChI=1S/C8H16O6Si/c1-6(7(9)10-2)15-14-8(11-3,12-4)13-5/h6H,1-5H3. The van der Waals surface area contributed by atoms with Crippen molar-refractivity contribution in [3.8, 4) is 0 Å². The van der Waals surface area contributed by atoms with Gasteiger partial charge in [0.1, 0.15) is 0 Å². The molecule has 7 heteroatoms. The highest BCUT2D eigenvalue weighted by molar-refractivity contribution is 6.36. The van der Waals surface area contributed by atoms with E-state index in [0.29, 0.717) is 0 Å². The van der Waals surface area contributed by atoms with Gasteiger partial charge in [-0.3, -0.25) is 4.79 Å². The first kappa shape index (κ1) is 14.5. The van der Waals surface area contributed by atoms with Crippen LogP contribution in [0.2, 0.25) is 5.54 Å². The van der Waals surface area contributed by atoms with E-state index in [0.717, 1.165) is 0 Å². The Bertz CT molecular complexity index is 185. The number of ether oxygens (including phenoxy) is 4. The molecule has 0 bridgehead atoms. The molecular weight excluding hydrogens is 220 g/mol. The summed E-state index contributed by atoms with van der Waals surface area (Å²) in [6, 6.07) is 0. The van der Waals surface area contributed by atoms with Crippen LogP contribution >= 0.6 is 0 Å². The van der Waals surface area contributed by atoms with Crippen molar-refractivity contribution in [3.63, 3.8) is 0 Å². The maximum Gasteiger partial charge on any atom is 0.401 e. The molecule has 0 aliphatic carbocycles. The van der Waals surface area contributed by atoms with Gasteiger partial charge in [-0.05, 0) is 0 Å². The molecule has 0 spiro atoms. The van der Waals surface area contributed by atoms with E-state index in [1.165, 1.54) is 28.4 Å². The number of esters is 1. The van der Waals surface area contributed by atoms with Gasteiger partial charge in [-0.15, -0.1) is 0 Å². The van der Waals surface area contributed by atoms with E-state index in [9.17, 15) is 4.79 Å². The Morgan fingerprint density at radius 2 is 1.60 bits per heavy atom. The second-order valence-corrected chi connectivity index (χ2v) is 3.88. The van der Waals surface area contributed by atoms with E-state index in [1.807, 2.05) is 0 Å². The summed E-state index contributed by atoms with van der Waals surface area (Å²) in [7, 11) is 5.26. The third-order valence-electron chi connectivity index (χ3n) is 1.67. The van der Waals surface area contributed by atoms with Gasteiger partial charge in [0.15, 0.2) is 0 Å². The summed E-state index contributed by atoms with van der Waals surface area (Å²) >= 11 is 0. The minimum atomic E-state index is -1.55. The van der Waals surface area contributed by atoms with Gasteiger partial charge in [0.25, 0.3) is 9.76 Å². The highest BCUT2D eigenvalue weighted by Gasteiger charge is 2.33. The summed E-state index contributed by atoms with van der Waals surface area (Å²) < 4.78 is 24.4. The molecule has 1 atom stereocenters. The molecule has 6 nitrogen and oxygen atoms in total. The summed E-state index contributed by atoms with van der Waals surface area (Å²) in [6.45, 7) is 1.68. The van der Waals surface area contributed by atoms with E-state index >= 15 is 0 Å². The van der Waals surface area contributed by atoms with Crippen LogP contribution in [0.5, 0.6) is 0 Å². The lowest BCUT2D eigenvalue weighted by atomic mass is 10.5. The van der Waals surface area contributed by atoms with Crippen LogP contribution < -0.4 is 0 Å². The minimum absolute atomic E-state index is 0.185. The lowest BCUT2D eigenvalue weighted by Gasteiger charge is -2.28. The SMILES string of the molecule is COC(=O)C(C)[Si]OC(OC)(OC)OC. The van der Waals surface area contributed by atoms with Crippen LogP contribution in [0.4, 0.5) is 0 Å². The number of carbonyl (C=O) groups excluding carboxylic acids is 1. The molecule has 0 N–H and O–H groups in total. The van der Waals surface area contributed by atoms with Crippen molar-refractivity contribution in [2.45, 2.75) is 18.6 Å². The van der Waals surface area contributed by atoms with Crippen LogP contribution in [0.25, 0.3) is 0 Å². The van der Waals surface area contributed by atoms with Gasteiger partial charge in [0, 0.05) is 21.3 Å². The molecule has 0 saturated heterocycles. The third kappa shape index (κ3) is 4.27. The van der Waals surface area contributed by atoms with Crippen molar-refractivity contribution in [3.05, 3.63) is 0 Å². The second kappa shape index (κ2) is 6.91. The summed E-state index contributed by atoms with van der Waals surface area (Å²) in [5.41, 5.74) is -0.394. The van der Waals surface area contributed by atoms with Crippen LogP contribution in [0, 0.1) is 0 Å². The van der Waals surface area contributed by atoms with E-state index in [2.05, 4.69) is 4.74 Å². The first-order chi connectivity index (χ1) is 7.05. The Labute approximate surface area is 91.7 Å². The van der Waals surface area contributed by atoms with Crippen molar-refractivity contribution in [2.75, 3.05) is 28.4 Å². The Morgan fingerprint density at radius 1 is 1.13 bits per heavy atom. The van der Waals surface area contributed by atoms with E-state index < -0.39 is 11.7 Å². The molecule has 0 heterocycles. The second-order valence-electron chi connectivity index (χ2n) is 2.58. The lowest BCUT2D eigenvalue weighted by Crippen LogP contribution is -2.41. The van der Waals surface area contributed by atoms with Gasteiger partial charge in [-0.2, -0.15) is 0 Å². The quantitative estimate of drug-likeness (QED) is 0.356. The van der Waals surface area contributed by atoms with Gasteiger partial charge < -0.3 is 23.4 Å². The number of rotatable bonds is 7. The first-order valence-electron chi connectivity index (χ1n) is 4.22. The van der Waals surface area contributed by atoms with Crippen LogP contribution in [-0.2, 0) is 28.2 Å². The fraction of sp³-hybridized carbons (Fsp3) is 0.875. The van der Waals surface area contributed by atoms with E-state index in [4.69, 9.17) is 18.6 Å². The molecule has 0 saturated carbocycles. The van der Waals surface area contributed by atoms with E-state index in [-0.39, 0.29) is 15.7 Å². The lowest BCUT2D eigenvalue weighted by molar-refractivity contribution is -0.450. The molecule has 1 unspecified atom stereocenters. The first-order valence-corrected chi connectivity index (χ1v) is 5.20. The number of methoxy groups -OCH3 is 4. The molecule has 0 aromatic heterocycles. The molecule has 0 aliphatic heterocycles. The highest BCUT2D eigenvalue weighted by atomic mass is 28.2. The predicted molar refractivity (Wildman–Crippen MR) is 52.0 cm³/mol. The smallest absolute Gasteiger partial charge is 0.401 e. The minimum Gasteiger partial charge on any atom is -0.469 e. The van der Waals surface area contributed by atoms with Gasteiger partial charge >= 0.3 is 12.1 Å². The molecule has 0 aromatic carbocycles. The Balaban J connectivity index is 4.16. The number of hydrogen-bond donors (Lipinski definition) is 0. The van der Waals surface area contributed by atoms with Gasteiger partial charge in [-0.25, -0.2) is 0 Å². The van der Waals surface area contributed by atoms with Crippen molar-refractivity contribution in [1.29, 1.82) is 0 Å². The molecule has 0 fully saturated rings. The maximum absolute atomic E-state index is 11.1. The van der Waals surface area contributed by atoms with Gasteiger partial charge in [0.2, 0.25) is 0 Å². The van der Waals surface area contributed by atoms with Crippen molar-refractivity contribution in [2.24, 2.45) is 0 Å².